The Kier molecular flexibility index (Phi) is 3.93. The Morgan fingerprint density at radius 3 is 2.10 bits per heavy atom. The van der Waals surface area contributed by atoms with E-state index in [0.717, 1.165) is 16.6 Å². The lowest BCUT2D eigenvalue weighted by Gasteiger charge is -2.32. The Balaban J connectivity index is 2.53. The molecular weight excluding hydrogens is 267 g/mol. The number of hydrogen-bond acceptors (Lipinski definition) is 4. The summed E-state index contributed by atoms with van der Waals surface area (Å²) in [6.07, 6.45) is 0. The second kappa shape index (κ2) is 5.14. The molecular formula is C16H23BO4. The molecule has 1 aromatic carbocycles. The van der Waals surface area contributed by atoms with E-state index in [2.05, 4.69) is 0 Å². The average Bonchev–Trinajstić information content (AvgIpc) is 2.55. The summed E-state index contributed by atoms with van der Waals surface area (Å²) in [6, 6.07) is 3.84. The molecule has 2 rings (SSSR count). The lowest BCUT2D eigenvalue weighted by atomic mass is 9.72. The Morgan fingerprint density at radius 1 is 1.10 bits per heavy atom. The fourth-order valence-corrected chi connectivity index (χ4v) is 2.53. The average molecular weight is 290 g/mol. The van der Waals surface area contributed by atoms with Crippen molar-refractivity contribution in [1.29, 1.82) is 0 Å². The van der Waals surface area contributed by atoms with E-state index in [1.165, 1.54) is 7.11 Å². The molecule has 1 aromatic rings. The molecule has 0 N–H and O–H groups in total. The summed E-state index contributed by atoms with van der Waals surface area (Å²) in [4.78, 5) is 12.1. The zero-order chi connectivity index (χ0) is 16.0. The van der Waals surface area contributed by atoms with Gasteiger partial charge in [0.2, 0.25) is 0 Å². The molecule has 0 bridgehead atoms. The first-order chi connectivity index (χ1) is 9.59. The van der Waals surface area contributed by atoms with E-state index in [-0.39, 0.29) is 5.97 Å². The molecule has 114 valence electrons. The van der Waals surface area contributed by atoms with Crippen LogP contribution in [0, 0.1) is 13.8 Å². The predicted octanol–water partition coefficient (Wildman–Crippen LogP) is 2.39. The number of methoxy groups -OCH3 is 1. The molecule has 0 aliphatic carbocycles. The minimum absolute atomic E-state index is 0.369. The monoisotopic (exact) mass is 290 g/mol. The summed E-state index contributed by atoms with van der Waals surface area (Å²) in [6.45, 7) is 11.9. The van der Waals surface area contributed by atoms with Crippen LogP contribution in [0.3, 0.4) is 0 Å². The second-order valence-electron chi connectivity index (χ2n) is 6.62. The van der Waals surface area contributed by atoms with Crippen molar-refractivity contribution in [1.82, 2.24) is 0 Å². The van der Waals surface area contributed by atoms with Crippen molar-refractivity contribution < 1.29 is 18.8 Å². The molecule has 21 heavy (non-hydrogen) atoms. The van der Waals surface area contributed by atoms with E-state index >= 15 is 0 Å². The topological polar surface area (TPSA) is 44.8 Å². The van der Waals surface area contributed by atoms with Gasteiger partial charge in [-0.1, -0.05) is 17.2 Å². The highest BCUT2D eigenvalue weighted by molar-refractivity contribution is 6.64. The summed E-state index contributed by atoms with van der Waals surface area (Å²) >= 11 is 0. The van der Waals surface area contributed by atoms with Gasteiger partial charge in [-0.15, -0.1) is 0 Å². The minimum atomic E-state index is -0.565. The summed E-state index contributed by atoms with van der Waals surface area (Å²) < 4.78 is 17.1. The van der Waals surface area contributed by atoms with Crippen LogP contribution >= 0.6 is 0 Å². The van der Waals surface area contributed by atoms with E-state index in [4.69, 9.17) is 14.0 Å². The molecule has 0 aromatic heterocycles. The number of carbonyl (C=O) groups is 1. The van der Waals surface area contributed by atoms with Crippen molar-refractivity contribution in [3.63, 3.8) is 0 Å². The maximum Gasteiger partial charge on any atom is 0.495 e. The van der Waals surface area contributed by atoms with Crippen LogP contribution in [0.15, 0.2) is 12.1 Å². The van der Waals surface area contributed by atoms with Crippen LogP contribution in [0.4, 0.5) is 0 Å². The molecule has 4 nitrogen and oxygen atoms in total. The van der Waals surface area contributed by atoms with Gasteiger partial charge in [0.05, 0.1) is 23.9 Å². The van der Waals surface area contributed by atoms with Crippen LogP contribution in [0.5, 0.6) is 0 Å². The fourth-order valence-electron chi connectivity index (χ4n) is 2.53. The molecule has 1 heterocycles. The van der Waals surface area contributed by atoms with Gasteiger partial charge in [0.25, 0.3) is 0 Å². The van der Waals surface area contributed by atoms with Gasteiger partial charge in [-0.25, -0.2) is 4.79 Å². The Labute approximate surface area is 126 Å². The van der Waals surface area contributed by atoms with Gasteiger partial charge in [-0.3, -0.25) is 0 Å². The van der Waals surface area contributed by atoms with E-state index in [1.54, 1.807) is 0 Å². The number of benzene rings is 1. The number of rotatable bonds is 2. The first-order valence-electron chi connectivity index (χ1n) is 7.14. The third kappa shape index (κ3) is 2.72. The molecule has 0 saturated carbocycles. The molecule has 1 fully saturated rings. The molecule has 5 heteroatoms. The lowest BCUT2D eigenvalue weighted by Crippen LogP contribution is -2.41. The highest BCUT2D eigenvalue weighted by Gasteiger charge is 2.53. The van der Waals surface area contributed by atoms with E-state index in [0.29, 0.717) is 5.56 Å². The molecule has 0 amide bonds. The van der Waals surface area contributed by atoms with Gasteiger partial charge < -0.3 is 14.0 Å². The lowest BCUT2D eigenvalue weighted by molar-refractivity contribution is 0.00578. The minimum Gasteiger partial charge on any atom is -0.465 e. The Bertz CT molecular complexity index is 562. The van der Waals surface area contributed by atoms with Crippen molar-refractivity contribution in [3.8, 4) is 0 Å². The molecule has 1 aliphatic rings. The molecule has 1 aliphatic heterocycles. The maximum atomic E-state index is 12.1. The number of carbonyl (C=O) groups excluding carboxylic acids is 1. The van der Waals surface area contributed by atoms with Crippen LogP contribution in [-0.2, 0) is 14.0 Å². The van der Waals surface area contributed by atoms with Crippen LogP contribution in [0.25, 0.3) is 0 Å². The zero-order valence-corrected chi connectivity index (χ0v) is 13.9. The summed E-state index contributed by atoms with van der Waals surface area (Å²) in [5.41, 5.74) is 2.35. The standard InChI is InChI=1S/C16H23BO4/c1-10-8-11(2)13(12(9-10)14(18)19-7)17-20-15(3,4)16(5,6)21-17/h8-9H,1-7H3. The third-order valence-electron chi connectivity index (χ3n) is 4.43. The summed E-state index contributed by atoms with van der Waals surface area (Å²) in [7, 11) is 0.818. The first-order valence-corrected chi connectivity index (χ1v) is 7.14. The van der Waals surface area contributed by atoms with Crippen molar-refractivity contribution >= 4 is 18.6 Å². The largest absolute Gasteiger partial charge is 0.495 e. The van der Waals surface area contributed by atoms with E-state index in [9.17, 15) is 4.79 Å². The number of esters is 1. The van der Waals surface area contributed by atoms with Crippen molar-refractivity contribution in [2.45, 2.75) is 52.7 Å². The summed E-state index contributed by atoms with van der Waals surface area (Å²) in [5.74, 6) is -0.369. The molecule has 0 radical (unpaired) electrons. The Hall–Kier alpha value is -1.33. The van der Waals surface area contributed by atoms with Gasteiger partial charge >= 0.3 is 13.1 Å². The number of hydrogen-bond donors (Lipinski definition) is 0. The first kappa shape index (κ1) is 16.1. The van der Waals surface area contributed by atoms with Crippen molar-refractivity contribution in [2.24, 2.45) is 0 Å². The SMILES string of the molecule is COC(=O)c1cc(C)cc(C)c1B1OC(C)(C)C(C)(C)O1. The van der Waals surface area contributed by atoms with Crippen LogP contribution in [-0.4, -0.2) is 31.4 Å². The van der Waals surface area contributed by atoms with Gasteiger partial charge in [0, 0.05) is 0 Å². The number of aryl methyl sites for hydroxylation is 2. The van der Waals surface area contributed by atoms with Gasteiger partial charge in [-0.05, 0) is 53.1 Å². The van der Waals surface area contributed by atoms with Crippen molar-refractivity contribution in [2.75, 3.05) is 7.11 Å². The molecule has 0 unspecified atom stereocenters. The smallest absolute Gasteiger partial charge is 0.465 e. The van der Waals surface area contributed by atoms with E-state index < -0.39 is 18.3 Å². The molecule has 1 saturated heterocycles. The highest BCUT2D eigenvalue weighted by atomic mass is 16.7. The maximum absolute atomic E-state index is 12.1. The predicted molar refractivity (Wildman–Crippen MR) is 83.0 cm³/mol. The van der Waals surface area contributed by atoms with Crippen LogP contribution < -0.4 is 5.46 Å². The molecule has 0 spiro atoms. The molecule has 0 atom stereocenters. The van der Waals surface area contributed by atoms with Crippen molar-refractivity contribution in [3.05, 3.63) is 28.8 Å². The van der Waals surface area contributed by atoms with Gasteiger partial charge in [0.1, 0.15) is 0 Å². The normalized spacial score (nSPS) is 19.7. The van der Waals surface area contributed by atoms with Crippen LogP contribution in [0.2, 0.25) is 0 Å². The van der Waals surface area contributed by atoms with Gasteiger partial charge in [-0.2, -0.15) is 0 Å². The zero-order valence-electron chi connectivity index (χ0n) is 13.9. The van der Waals surface area contributed by atoms with Gasteiger partial charge in [0.15, 0.2) is 0 Å². The third-order valence-corrected chi connectivity index (χ3v) is 4.43. The fraction of sp³-hybridized carbons (Fsp3) is 0.562. The second-order valence-corrected chi connectivity index (χ2v) is 6.62. The van der Waals surface area contributed by atoms with E-state index in [1.807, 2.05) is 53.7 Å². The summed E-state index contributed by atoms with van der Waals surface area (Å²) in [5, 5.41) is 0. The van der Waals surface area contributed by atoms with Crippen LogP contribution in [0.1, 0.15) is 49.2 Å². The number of ether oxygens (including phenoxy) is 1. The quantitative estimate of drug-likeness (QED) is 0.619. The highest BCUT2D eigenvalue weighted by Crippen LogP contribution is 2.37. The Morgan fingerprint density at radius 2 is 1.62 bits per heavy atom.